The van der Waals surface area contributed by atoms with Crippen LogP contribution in [0.3, 0.4) is 0 Å². The number of benzene rings is 1. The molecule has 0 fully saturated rings. The number of ether oxygens (including phenoxy) is 1. The van der Waals surface area contributed by atoms with Crippen LogP contribution < -0.4 is 15.8 Å². The lowest BCUT2D eigenvalue weighted by Gasteiger charge is -2.20. The molecular weight excluding hydrogens is 226 g/mol. The van der Waals surface area contributed by atoms with E-state index in [4.69, 9.17) is 10.5 Å². The van der Waals surface area contributed by atoms with E-state index in [9.17, 15) is 0 Å². The summed E-state index contributed by atoms with van der Waals surface area (Å²) in [5.74, 6) is 1.84. The molecule has 1 aromatic rings. The van der Waals surface area contributed by atoms with Crippen LogP contribution in [-0.2, 0) is 0 Å². The zero-order valence-electron chi connectivity index (χ0n) is 10.9. The van der Waals surface area contributed by atoms with Gasteiger partial charge in [0.15, 0.2) is 0 Å². The molecule has 0 aromatic heterocycles. The second-order valence-corrected chi connectivity index (χ2v) is 4.56. The molecule has 0 saturated heterocycles. The third kappa shape index (κ3) is 3.47. The van der Waals surface area contributed by atoms with E-state index in [2.05, 4.69) is 17.2 Å². The molecule has 18 heavy (non-hydrogen) atoms. The van der Waals surface area contributed by atoms with Gasteiger partial charge in [0.1, 0.15) is 11.6 Å². The Morgan fingerprint density at radius 3 is 2.78 bits per heavy atom. The minimum absolute atomic E-state index is 0.130. The van der Waals surface area contributed by atoms with E-state index < -0.39 is 0 Å². The Morgan fingerprint density at radius 2 is 2.17 bits per heavy atom. The maximum atomic E-state index is 5.78. The van der Waals surface area contributed by atoms with Crippen LogP contribution >= 0.6 is 0 Å². The third-order valence-electron chi connectivity index (χ3n) is 2.91. The summed E-state index contributed by atoms with van der Waals surface area (Å²) in [5.41, 5.74) is 6.87. The van der Waals surface area contributed by atoms with Crippen LogP contribution in [0.2, 0.25) is 0 Å². The molecule has 1 unspecified atom stereocenters. The zero-order chi connectivity index (χ0) is 12.8. The summed E-state index contributed by atoms with van der Waals surface area (Å²) in [6, 6.07) is 8.17. The molecule has 3 N–H and O–H groups in total. The number of hydrogen-bond donors (Lipinski definition) is 2. The van der Waals surface area contributed by atoms with Gasteiger partial charge in [-0.3, -0.25) is 4.99 Å². The average molecular weight is 247 g/mol. The van der Waals surface area contributed by atoms with Crippen molar-refractivity contribution in [3.05, 3.63) is 29.8 Å². The molecule has 1 atom stereocenters. The van der Waals surface area contributed by atoms with Crippen LogP contribution in [0.25, 0.3) is 0 Å². The van der Waals surface area contributed by atoms with Gasteiger partial charge in [-0.1, -0.05) is 13.3 Å². The molecule has 1 aromatic carbocycles. The summed E-state index contributed by atoms with van der Waals surface area (Å²) in [7, 11) is 0. The van der Waals surface area contributed by atoms with Crippen molar-refractivity contribution in [3.63, 3.8) is 0 Å². The Hall–Kier alpha value is -1.55. The fourth-order valence-corrected chi connectivity index (χ4v) is 1.79. The molecule has 1 aliphatic heterocycles. The van der Waals surface area contributed by atoms with E-state index in [0.29, 0.717) is 6.54 Å². The Balaban J connectivity index is 1.95. The molecule has 0 radical (unpaired) electrons. The van der Waals surface area contributed by atoms with Crippen molar-refractivity contribution in [2.24, 2.45) is 10.7 Å². The molecule has 0 amide bonds. The van der Waals surface area contributed by atoms with Crippen molar-refractivity contribution in [2.45, 2.75) is 25.8 Å². The molecule has 4 heteroatoms. The van der Waals surface area contributed by atoms with Gasteiger partial charge in [0, 0.05) is 18.2 Å². The highest BCUT2D eigenvalue weighted by molar-refractivity contribution is 5.99. The molecule has 0 bridgehead atoms. The lowest BCUT2D eigenvalue weighted by atomic mass is 10.1. The van der Waals surface area contributed by atoms with Gasteiger partial charge in [-0.15, -0.1) is 0 Å². The van der Waals surface area contributed by atoms with Gasteiger partial charge in [0.05, 0.1) is 13.2 Å². The quantitative estimate of drug-likeness (QED) is 0.776. The second-order valence-electron chi connectivity index (χ2n) is 4.56. The van der Waals surface area contributed by atoms with Crippen molar-refractivity contribution in [1.82, 2.24) is 5.32 Å². The molecular formula is C14H21N3O. The monoisotopic (exact) mass is 247 g/mol. The van der Waals surface area contributed by atoms with Crippen molar-refractivity contribution in [3.8, 4) is 5.75 Å². The Bertz CT molecular complexity index is 400. The van der Waals surface area contributed by atoms with Crippen LogP contribution in [0.5, 0.6) is 5.75 Å². The molecule has 1 aliphatic rings. The van der Waals surface area contributed by atoms with E-state index in [1.807, 2.05) is 24.3 Å². The van der Waals surface area contributed by atoms with Crippen LogP contribution in [0.1, 0.15) is 25.3 Å². The maximum Gasteiger partial charge on any atom is 0.128 e. The summed E-state index contributed by atoms with van der Waals surface area (Å²) in [4.78, 5) is 4.43. The lowest BCUT2D eigenvalue weighted by molar-refractivity contribution is 0.309. The van der Waals surface area contributed by atoms with Crippen LogP contribution in [0, 0.1) is 0 Å². The maximum absolute atomic E-state index is 5.78. The number of nitrogens with two attached hydrogens (primary N) is 1. The normalized spacial score (nSPS) is 19.0. The predicted molar refractivity (Wildman–Crippen MR) is 74.2 cm³/mol. The number of nitrogens with one attached hydrogen (secondary N) is 1. The highest BCUT2D eigenvalue weighted by Gasteiger charge is 2.11. The number of aliphatic imine (C=N–C) groups is 1. The zero-order valence-corrected chi connectivity index (χ0v) is 10.9. The van der Waals surface area contributed by atoms with E-state index in [1.165, 1.54) is 0 Å². The van der Waals surface area contributed by atoms with Gasteiger partial charge in [0.25, 0.3) is 0 Å². The topological polar surface area (TPSA) is 59.6 Å². The smallest absolute Gasteiger partial charge is 0.128 e. The first kappa shape index (κ1) is 12.9. The molecule has 1 heterocycles. The number of hydrogen-bond acceptors (Lipinski definition) is 4. The number of unbranched alkanes of at least 4 members (excludes halogenated alkanes) is 1. The van der Waals surface area contributed by atoms with Gasteiger partial charge in [-0.25, -0.2) is 0 Å². The van der Waals surface area contributed by atoms with Gasteiger partial charge in [-0.05, 0) is 30.7 Å². The first-order chi connectivity index (χ1) is 8.79. The fraction of sp³-hybridized carbons (Fsp3) is 0.500. The molecule has 0 aliphatic carbocycles. The molecule has 0 spiro atoms. The van der Waals surface area contributed by atoms with E-state index >= 15 is 0 Å². The van der Waals surface area contributed by atoms with Crippen LogP contribution in [0.4, 0.5) is 0 Å². The Morgan fingerprint density at radius 1 is 1.39 bits per heavy atom. The lowest BCUT2D eigenvalue weighted by Crippen LogP contribution is -2.44. The van der Waals surface area contributed by atoms with Crippen molar-refractivity contribution in [1.29, 1.82) is 0 Å². The van der Waals surface area contributed by atoms with Crippen LogP contribution in [-0.4, -0.2) is 31.6 Å². The van der Waals surface area contributed by atoms with Crippen LogP contribution in [0.15, 0.2) is 29.3 Å². The fourth-order valence-electron chi connectivity index (χ4n) is 1.79. The van der Waals surface area contributed by atoms with E-state index in [-0.39, 0.29) is 6.04 Å². The van der Waals surface area contributed by atoms with E-state index in [0.717, 1.165) is 43.1 Å². The van der Waals surface area contributed by atoms with Gasteiger partial charge in [0.2, 0.25) is 0 Å². The standard InChI is InChI=1S/C14H21N3O/c1-2-3-8-18-13-6-4-11(5-7-13)14-16-9-12(15)10-17-14/h4-7,12H,2-3,8-10,15H2,1H3,(H,16,17). The molecule has 0 saturated carbocycles. The number of nitrogens with zero attached hydrogens (tertiary/aromatic N) is 1. The minimum atomic E-state index is 0.130. The summed E-state index contributed by atoms with van der Waals surface area (Å²) in [5, 5.41) is 3.24. The summed E-state index contributed by atoms with van der Waals surface area (Å²) < 4.78 is 5.63. The minimum Gasteiger partial charge on any atom is -0.494 e. The first-order valence-corrected chi connectivity index (χ1v) is 6.56. The summed E-state index contributed by atoms with van der Waals surface area (Å²) in [6.45, 7) is 4.42. The van der Waals surface area contributed by atoms with Gasteiger partial charge >= 0.3 is 0 Å². The average Bonchev–Trinajstić information content (AvgIpc) is 2.41. The second kappa shape index (κ2) is 6.40. The van der Waals surface area contributed by atoms with Gasteiger partial charge < -0.3 is 15.8 Å². The third-order valence-corrected chi connectivity index (χ3v) is 2.91. The summed E-state index contributed by atoms with van der Waals surface area (Å²) >= 11 is 0. The number of amidine groups is 1. The Labute approximate surface area is 108 Å². The molecule has 98 valence electrons. The van der Waals surface area contributed by atoms with Crippen molar-refractivity contribution >= 4 is 5.84 Å². The van der Waals surface area contributed by atoms with Gasteiger partial charge in [-0.2, -0.15) is 0 Å². The summed E-state index contributed by atoms with van der Waals surface area (Å²) in [6.07, 6.45) is 2.24. The molecule has 4 nitrogen and oxygen atoms in total. The Kier molecular flexibility index (Phi) is 4.59. The first-order valence-electron chi connectivity index (χ1n) is 6.56. The van der Waals surface area contributed by atoms with Crippen molar-refractivity contribution < 1.29 is 4.74 Å². The highest BCUT2D eigenvalue weighted by Crippen LogP contribution is 2.13. The largest absolute Gasteiger partial charge is 0.494 e. The number of rotatable bonds is 5. The van der Waals surface area contributed by atoms with E-state index in [1.54, 1.807) is 0 Å². The predicted octanol–water partition coefficient (Wildman–Crippen LogP) is 1.54. The van der Waals surface area contributed by atoms with Crippen molar-refractivity contribution in [2.75, 3.05) is 19.7 Å². The SMILES string of the molecule is CCCCOc1ccc(C2=NCC(N)CN2)cc1. The highest BCUT2D eigenvalue weighted by atomic mass is 16.5. The molecule has 2 rings (SSSR count).